The molecule has 0 aromatic carbocycles. The summed E-state index contributed by atoms with van der Waals surface area (Å²) in [6.45, 7) is 5.46. The van der Waals surface area contributed by atoms with Gasteiger partial charge in [0.25, 0.3) is 0 Å². The van der Waals surface area contributed by atoms with Gasteiger partial charge in [-0.15, -0.1) is 6.58 Å². The third-order valence-corrected chi connectivity index (χ3v) is 1.53. The van der Waals surface area contributed by atoms with E-state index in [0.717, 1.165) is 6.42 Å². The molecule has 0 N–H and O–H groups in total. The lowest BCUT2D eigenvalue weighted by Gasteiger charge is -2.09. The van der Waals surface area contributed by atoms with Crippen LogP contribution >= 0.6 is 0 Å². The molecule has 0 amide bonds. The normalized spacial score (nSPS) is 11.3. The summed E-state index contributed by atoms with van der Waals surface area (Å²) < 4.78 is 9.33. The molecule has 15 heavy (non-hydrogen) atoms. The molecule has 0 radical (unpaired) electrons. The zero-order chi connectivity index (χ0) is 11.5. The number of carbonyl (C=O) groups is 1. The van der Waals surface area contributed by atoms with Crippen LogP contribution in [0.15, 0.2) is 24.8 Å². The molecule has 0 spiro atoms. The largest absolute Gasteiger partial charge is 0.509 e. The average molecular weight is 208 g/mol. The van der Waals surface area contributed by atoms with Crippen molar-refractivity contribution in [1.82, 2.24) is 0 Å². The Bertz CT molecular complexity index is 281. The molecule has 0 bridgehead atoms. The molecule has 1 atom stereocenters. The Hall–Kier alpha value is -1.69. The van der Waals surface area contributed by atoms with Crippen molar-refractivity contribution in [2.45, 2.75) is 25.9 Å². The molecule has 0 saturated carbocycles. The first-order valence-corrected chi connectivity index (χ1v) is 4.72. The zero-order valence-corrected chi connectivity index (χ0v) is 9.16. The first-order valence-electron chi connectivity index (χ1n) is 4.72. The summed E-state index contributed by atoms with van der Waals surface area (Å²) in [7, 11) is 1.27. The fourth-order valence-corrected chi connectivity index (χ4v) is 0.818. The second kappa shape index (κ2) is 8.89. The third kappa shape index (κ3) is 7.39. The highest BCUT2D eigenvalue weighted by Gasteiger charge is 2.10. The molecule has 3 heteroatoms. The van der Waals surface area contributed by atoms with Crippen molar-refractivity contribution in [2.24, 2.45) is 0 Å². The maximum Gasteiger partial charge on any atom is 0.509 e. The summed E-state index contributed by atoms with van der Waals surface area (Å²) in [5, 5.41) is 0. The van der Waals surface area contributed by atoms with Crippen LogP contribution in [0, 0.1) is 11.8 Å². The highest BCUT2D eigenvalue weighted by molar-refractivity contribution is 5.60. The standard InChI is InChI=1S/C12H16O3/c1-4-6-8-10-11(9-7-5-2)15-12(13)14-3/h4-6,11H,2,7,9H2,1,3H3/b6-4+. The quantitative estimate of drug-likeness (QED) is 0.405. The molecule has 1 unspecified atom stereocenters. The lowest BCUT2D eigenvalue weighted by Crippen LogP contribution is -2.16. The zero-order valence-electron chi connectivity index (χ0n) is 9.16. The molecule has 0 aliphatic heterocycles. The van der Waals surface area contributed by atoms with Gasteiger partial charge in [-0.3, -0.25) is 0 Å². The van der Waals surface area contributed by atoms with Gasteiger partial charge in [0.2, 0.25) is 0 Å². The Labute approximate surface area is 90.8 Å². The van der Waals surface area contributed by atoms with E-state index >= 15 is 0 Å². The minimum Gasteiger partial charge on any atom is -0.438 e. The lowest BCUT2D eigenvalue weighted by atomic mass is 10.2. The van der Waals surface area contributed by atoms with Gasteiger partial charge < -0.3 is 9.47 Å². The summed E-state index contributed by atoms with van der Waals surface area (Å²) >= 11 is 0. The van der Waals surface area contributed by atoms with Crippen molar-refractivity contribution in [2.75, 3.05) is 7.11 Å². The van der Waals surface area contributed by atoms with Crippen LogP contribution in [0.5, 0.6) is 0 Å². The summed E-state index contributed by atoms with van der Waals surface area (Å²) in [4.78, 5) is 10.9. The van der Waals surface area contributed by atoms with Crippen LogP contribution < -0.4 is 0 Å². The van der Waals surface area contributed by atoms with E-state index in [1.807, 2.05) is 13.0 Å². The Kier molecular flexibility index (Phi) is 7.89. The van der Waals surface area contributed by atoms with Gasteiger partial charge in [-0.2, -0.15) is 0 Å². The summed E-state index contributed by atoms with van der Waals surface area (Å²) in [5.41, 5.74) is 0. The van der Waals surface area contributed by atoms with E-state index in [-0.39, 0.29) is 0 Å². The highest BCUT2D eigenvalue weighted by atomic mass is 16.7. The molecule has 0 heterocycles. The van der Waals surface area contributed by atoms with Crippen LogP contribution in [0.2, 0.25) is 0 Å². The van der Waals surface area contributed by atoms with Crippen LogP contribution in [-0.4, -0.2) is 19.4 Å². The van der Waals surface area contributed by atoms with Crippen LogP contribution in [0.4, 0.5) is 4.79 Å². The molecule has 0 aromatic heterocycles. The minimum absolute atomic E-state index is 0.438. The van der Waals surface area contributed by atoms with Gasteiger partial charge >= 0.3 is 6.16 Å². The van der Waals surface area contributed by atoms with Crippen molar-refractivity contribution in [3.05, 3.63) is 24.8 Å². The Balaban J connectivity index is 4.24. The molecule has 0 aliphatic rings. The number of hydrogen-bond acceptors (Lipinski definition) is 3. The third-order valence-electron chi connectivity index (χ3n) is 1.53. The predicted molar refractivity (Wildman–Crippen MR) is 59.3 cm³/mol. The molecule has 0 aromatic rings. The van der Waals surface area contributed by atoms with E-state index in [2.05, 4.69) is 23.2 Å². The van der Waals surface area contributed by atoms with Gasteiger partial charge in [-0.25, -0.2) is 4.79 Å². The molecule has 82 valence electrons. The number of hydrogen-bond donors (Lipinski definition) is 0. The summed E-state index contributed by atoms with van der Waals surface area (Å²) in [6, 6.07) is 0. The predicted octanol–water partition coefficient (Wildman–Crippen LogP) is 2.68. The Morgan fingerprint density at radius 2 is 2.33 bits per heavy atom. The van der Waals surface area contributed by atoms with Crippen LogP contribution in [0.3, 0.4) is 0 Å². The Morgan fingerprint density at radius 1 is 1.60 bits per heavy atom. The molecule has 0 saturated heterocycles. The highest BCUT2D eigenvalue weighted by Crippen LogP contribution is 2.03. The van der Waals surface area contributed by atoms with Gasteiger partial charge in [-0.05, 0) is 25.8 Å². The van der Waals surface area contributed by atoms with Gasteiger partial charge in [0, 0.05) is 0 Å². The lowest BCUT2D eigenvalue weighted by molar-refractivity contribution is 0.0532. The van der Waals surface area contributed by atoms with Crippen molar-refractivity contribution in [3.8, 4) is 11.8 Å². The van der Waals surface area contributed by atoms with E-state index in [9.17, 15) is 4.79 Å². The number of methoxy groups -OCH3 is 1. The van der Waals surface area contributed by atoms with Crippen LogP contribution in [-0.2, 0) is 9.47 Å². The first-order chi connectivity index (χ1) is 7.24. The van der Waals surface area contributed by atoms with Crippen molar-refractivity contribution < 1.29 is 14.3 Å². The number of allylic oxidation sites excluding steroid dienone is 3. The van der Waals surface area contributed by atoms with Crippen LogP contribution in [0.25, 0.3) is 0 Å². The monoisotopic (exact) mass is 208 g/mol. The average Bonchev–Trinajstić information content (AvgIpc) is 2.25. The molecule has 3 nitrogen and oxygen atoms in total. The number of carbonyl (C=O) groups excluding carboxylic acids is 1. The van der Waals surface area contributed by atoms with Crippen molar-refractivity contribution in [3.63, 3.8) is 0 Å². The Morgan fingerprint density at radius 3 is 2.87 bits per heavy atom. The van der Waals surface area contributed by atoms with Gasteiger partial charge in [0.05, 0.1) is 7.11 Å². The van der Waals surface area contributed by atoms with Gasteiger partial charge in [0.1, 0.15) is 0 Å². The summed E-state index contributed by atoms with van der Waals surface area (Å²) in [5.74, 6) is 5.59. The molecular weight excluding hydrogens is 192 g/mol. The smallest absolute Gasteiger partial charge is 0.438 e. The molecule has 0 rings (SSSR count). The van der Waals surface area contributed by atoms with E-state index < -0.39 is 12.3 Å². The SMILES string of the molecule is C=CCCC(C#C/C=C/C)OC(=O)OC. The van der Waals surface area contributed by atoms with Crippen molar-refractivity contribution >= 4 is 6.16 Å². The van der Waals surface area contributed by atoms with Crippen molar-refractivity contribution in [1.29, 1.82) is 0 Å². The first kappa shape index (κ1) is 13.3. The fraction of sp³-hybridized carbons (Fsp3) is 0.417. The van der Waals surface area contributed by atoms with E-state index in [4.69, 9.17) is 4.74 Å². The number of ether oxygens (including phenoxy) is 2. The van der Waals surface area contributed by atoms with Gasteiger partial charge in [-0.1, -0.05) is 24.0 Å². The second-order valence-electron chi connectivity index (χ2n) is 2.72. The fourth-order valence-electron chi connectivity index (χ4n) is 0.818. The van der Waals surface area contributed by atoms with Crippen LogP contribution in [0.1, 0.15) is 19.8 Å². The van der Waals surface area contributed by atoms with Gasteiger partial charge in [0.15, 0.2) is 6.10 Å². The second-order valence-corrected chi connectivity index (χ2v) is 2.72. The van der Waals surface area contributed by atoms with E-state index in [1.54, 1.807) is 12.2 Å². The van der Waals surface area contributed by atoms with E-state index in [1.165, 1.54) is 7.11 Å². The molecule has 0 aliphatic carbocycles. The number of rotatable bonds is 4. The maximum absolute atomic E-state index is 10.9. The molecule has 0 fully saturated rings. The topological polar surface area (TPSA) is 35.5 Å². The minimum atomic E-state index is -0.709. The maximum atomic E-state index is 10.9. The molecular formula is C12H16O3. The van der Waals surface area contributed by atoms with E-state index in [0.29, 0.717) is 6.42 Å². The summed E-state index contributed by atoms with van der Waals surface area (Å²) in [6.07, 6.45) is 5.49.